The van der Waals surface area contributed by atoms with Crippen LogP contribution in [0.15, 0.2) is 24.3 Å². The first-order valence-electron chi connectivity index (χ1n) is 8.42. The number of ether oxygens (including phenoxy) is 1. The van der Waals surface area contributed by atoms with Crippen LogP contribution in [0.5, 0.6) is 5.75 Å². The summed E-state index contributed by atoms with van der Waals surface area (Å²) in [5.41, 5.74) is 6.85. The van der Waals surface area contributed by atoms with Crippen LogP contribution in [0.4, 0.5) is 11.9 Å². The number of para-hydroxylation sites is 1. The van der Waals surface area contributed by atoms with Crippen molar-refractivity contribution in [2.24, 2.45) is 0 Å². The van der Waals surface area contributed by atoms with E-state index in [1.54, 1.807) is 7.11 Å². The summed E-state index contributed by atoms with van der Waals surface area (Å²) in [5.74, 6) is 2.06. The van der Waals surface area contributed by atoms with Crippen molar-refractivity contribution in [3.63, 3.8) is 0 Å². The minimum atomic E-state index is 0.307. The number of benzene rings is 1. The number of hydrogen-bond donors (Lipinski definition) is 2. The van der Waals surface area contributed by atoms with Gasteiger partial charge in [0.25, 0.3) is 0 Å². The Morgan fingerprint density at radius 1 is 1.33 bits per heavy atom. The average Bonchev–Trinajstić information content (AvgIpc) is 3.06. The van der Waals surface area contributed by atoms with Gasteiger partial charge in [-0.1, -0.05) is 18.2 Å². The molecular weight excluding hydrogens is 304 g/mol. The highest BCUT2D eigenvalue weighted by Crippen LogP contribution is 2.21. The molecule has 2 aromatic rings. The molecule has 24 heavy (non-hydrogen) atoms. The molecule has 1 aromatic heterocycles. The molecule has 7 nitrogen and oxygen atoms in total. The number of aromatic amines is 1. The van der Waals surface area contributed by atoms with Crippen molar-refractivity contribution in [2.45, 2.75) is 25.3 Å². The van der Waals surface area contributed by atoms with E-state index in [9.17, 15) is 0 Å². The van der Waals surface area contributed by atoms with Gasteiger partial charge in [0.05, 0.1) is 7.11 Å². The number of piperidine rings is 1. The van der Waals surface area contributed by atoms with Crippen LogP contribution in [0.1, 0.15) is 18.4 Å². The second-order valence-corrected chi connectivity index (χ2v) is 6.28. The third kappa shape index (κ3) is 3.79. The van der Waals surface area contributed by atoms with Crippen molar-refractivity contribution in [3.8, 4) is 5.75 Å². The Morgan fingerprint density at radius 2 is 2.08 bits per heavy atom. The SMILES string of the molecule is COc1ccccc1CCN(C)C1CCN(c2nc(N)n[nH]2)CC1. The number of rotatable bonds is 6. The average molecular weight is 330 g/mol. The van der Waals surface area contributed by atoms with Crippen molar-refractivity contribution in [1.82, 2.24) is 20.1 Å². The number of anilines is 2. The Bertz CT molecular complexity index is 650. The zero-order valence-corrected chi connectivity index (χ0v) is 14.4. The molecule has 0 unspecified atom stereocenters. The van der Waals surface area contributed by atoms with E-state index >= 15 is 0 Å². The third-order valence-electron chi connectivity index (χ3n) is 4.80. The van der Waals surface area contributed by atoms with Crippen molar-refractivity contribution >= 4 is 11.9 Å². The molecule has 0 amide bonds. The first-order valence-corrected chi connectivity index (χ1v) is 8.42. The quantitative estimate of drug-likeness (QED) is 0.836. The zero-order chi connectivity index (χ0) is 16.9. The van der Waals surface area contributed by atoms with Crippen LogP contribution in [0.3, 0.4) is 0 Å². The van der Waals surface area contributed by atoms with Crippen LogP contribution >= 0.6 is 0 Å². The van der Waals surface area contributed by atoms with Crippen LogP contribution in [-0.4, -0.2) is 59.9 Å². The van der Waals surface area contributed by atoms with Gasteiger partial charge < -0.3 is 20.3 Å². The molecular formula is C17H26N6O. The van der Waals surface area contributed by atoms with E-state index in [2.05, 4.69) is 44.2 Å². The number of nitrogens with two attached hydrogens (primary N) is 1. The monoisotopic (exact) mass is 330 g/mol. The first-order chi connectivity index (χ1) is 11.7. The van der Waals surface area contributed by atoms with Gasteiger partial charge in [-0.25, -0.2) is 5.10 Å². The Balaban J connectivity index is 1.49. The lowest BCUT2D eigenvalue weighted by Crippen LogP contribution is -2.44. The molecule has 0 bridgehead atoms. The molecule has 0 atom stereocenters. The van der Waals surface area contributed by atoms with Gasteiger partial charge >= 0.3 is 0 Å². The molecule has 0 aliphatic carbocycles. The van der Waals surface area contributed by atoms with E-state index in [1.165, 1.54) is 5.56 Å². The maximum absolute atomic E-state index is 5.58. The summed E-state index contributed by atoms with van der Waals surface area (Å²) in [4.78, 5) is 8.88. The molecule has 3 rings (SSSR count). The van der Waals surface area contributed by atoms with Gasteiger partial charge in [-0.15, -0.1) is 5.10 Å². The van der Waals surface area contributed by atoms with E-state index in [1.807, 2.05) is 12.1 Å². The molecule has 3 N–H and O–H groups in total. The van der Waals surface area contributed by atoms with E-state index in [0.717, 1.165) is 50.6 Å². The fourth-order valence-corrected chi connectivity index (χ4v) is 3.31. The number of nitrogens with one attached hydrogen (secondary N) is 1. The number of likely N-dealkylation sites (N-methyl/N-ethyl adjacent to an activating group) is 1. The van der Waals surface area contributed by atoms with Crippen LogP contribution in [0, 0.1) is 0 Å². The number of hydrogen-bond acceptors (Lipinski definition) is 6. The molecule has 1 aliphatic heterocycles. The number of nitrogens with zero attached hydrogens (tertiary/aromatic N) is 4. The maximum Gasteiger partial charge on any atom is 0.241 e. The predicted molar refractivity (Wildman–Crippen MR) is 95.4 cm³/mol. The van der Waals surface area contributed by atoms with Gasteiger partial charge in [0.15, 0.2) is 0 Å². The Kier molecular flexibility index (Phi) is 5.20. The van der Waals surface area contributed by atoms with Crippen molar-refractivity contribution in [3.05, 3.63) is 29.8 Å². The molecule has 0 radical (unpaired) electrons. The Morgan fingerprint density at radius 3 is 2.75 bits per heavy atom. The van der Waals surface area contributed by atoms with Crippen LogP contribution in [-0.2, 0) is 6.42 Å². The molecule has 1 aliphatic rings. The second-order valence-electron chi connectivity index (χ2n) is 6.28. The van der Waals surface area contributed by atoms with Crippen LogP contribution < -0.4 is 15.4 Å². The highest BCUT2D eigenvalue weighted by Gasteiger charge is 2.24. The number of methoxy groups -OCH3 is 1. The minimum Gasteiger partial charge on any atom is -0.496 e. The van der Waals surface area contributed by atoms with E-state index < -0.39 is 0 Å². The smallest absolute Gasteiger partial charge is 0.241 e. The van der Waals surface area contributed by atoms with E-state index in [4.69, 9.17) is 10.5 Å². The lowest BCUT2D eigenvalue weighted by molar-refractivity contribution is 0.209. The summed E-state index contributed by atoms with van der Waals surface area (Å²) < 4.78 is 5.44. The van der Waals surface area contributed by atoms with E-state index in [-0.39, 0.29) is 0 Å². The fourth-order valence-electron chi connectivity index (χ4n) is 3.31. The molecule has 7 heteroatoms. The maximum atomic E-state index is 5.58. The van der Waals surface area contributed by atoms with Crippen LogP contribution in [0.2, 0.25) is 0 Å². The van der Waals surface area contributed by atoms with Gasteiger partial charge in [0, 0.05) is 25.7 Å². The summed E-state index contributed by atoms with van der Waals surface area (Å²) in [5, 5.41) is 6.79. The number of nitrogen functional groups attached to an aromatic ring is 1. The highest BCUT2D eigenvalue weighted by molar-refractivity contribution is 5.35. The highest BCUT2D eigenvalue weighted by atomic mass is 16.5. The normalized spacial score (nSPS) is 15.9. The molecule has 1 aromatic carbocycles. The Labute approximate surface area is 142 Å². The van der Waals surface area contributed by atoms with Gasteiger partial charge in [0.2, 0.25) is 11.9 Å². The summed E-state index contributed by atoms with van der Waals surface area (Å²) in [7, 11) is 3.94. The summed E-state index contributed by atoms with van der Waals surface area (Å²) >= 11 is 0. The third-order valence-corrected chi connectivity index (χ3v) is 4.80. The predicted octanol–water partition coefficient (Wildman–Crippen LogP) is 1.54. The van der Waals surface area contributed by atoms with Crippen molar-refractivity contribution < 1.29 is 4.74 Å². The fraction of sp³-hybridized carbons (Fsp3) is 0.529. The minimum absolute atomic E-state index is 0.307. The molecule has 2 heterocycles. The van der Waals surface area contributed by atoms with Crippen molar-refractivity contribution in [1.29, 1.82) is 0 Å². The molecule has 130 valence electrons. The van der Waals surface area contributed by atoms with Gasteiger partial charge in [0.1, 0.15) is 5.75 Å². The summed E-state index contributed by atoms with van der Waals surface area (Å²) in [6.07, 6.45) is 3.23. The lowest BCUT2D eigenvalue weighted by Gasteiger charge is -2.36. The number of H-pyrrole nitrogens is 1. The lowest BCUT2D eigenvalue weighted by atomic mass is 10.0. The van der Waals surface area contributed by atoms with Gasteiger partial charge in [-0.05, 0) is 37.9 Å². The van der Waals surface area contributed by atoms with Crippen molar-refractivity contribution in [2.75, 3.05) is 44.4 Å². The summed E-state index contributed by atoms with van der Waals surface area (Å²) in [6, 6.07) is 8.84. The Hall–Kier alpha value is -2.28. The zero-order valence-electron chi connectivity index (χ0n) is 14.4. The van der Waals surface area contributed by atoms with E-state index in [0.29, 0.717) is 12.0 Å². The number of aromatic nitrogens is 3. The molecule has 0 spiro atoms. The standard InChI is InChI=1S/C17H26N6O/c1-22(10-7-13-5-3-4-6-15(13)24-2)14-8-11-23(12-9-14)17-19-16(18)20-21-17/h3-6,14H,7-12H2,1-2H3,(H3,18,19,20,21). The van der Waals surface area contributed by atoms with Gasteiger partial charge in [-0.2, -0.15) is 4.98 Å². The second kappa shape index (κ2) is 7.53. The topological polar surface area (TPSA) is 83.3 Å². The molecule has 1 fully saturated rings. The summed E-state index contributed by atoms with van der Waals surface area (Å²) in [6.45, 7) is 2.97. The molecule has 0 saturated carbocycles. The van der Waals surface area contributed by atoms with Gasteiger partial charge in [-0.3, -0.25) is 0 Å². The largest absolute Gasteiger partial charge is 0.496 e. The molecule has 1 saturated heterocycles. The van der Waals surface area contributed by atoms with Crippen LogP contribution in [0.25, 0.3) is 0 Å². The first kappa shape index (κ1) is 16.6.